The third-order valence-corrected chi connectivity index (χ3v) is 4.50. The van der Waals surface area contributed by atoms with Crippen molar-refractivity contribution in [1.82, 2.24) is 20.0 Å². The van der Waals surface area contributed by atoms with Crippen molar-refractivity contribution >= 4 is 17.1 Å². The average Bonchev–Trinajstić information content (AvgIpc) is 3.29. The highest BCUT2D eigenvalue weighted by atomic mass is 32.1. The molecule has 4 aromatic rings. The van der Waals surface area contributed by atoms with Crippen molar-refractivity contribution in [2.75, 3.05) is 0 Å². The van der Waals surface area contributed by atoms with Gasteiger partial charge in [-0.05, 0) is 5.56 Å². The number of hydrogen-bond donors (Lipinski definition) is 2. The average molecular weight is 347 g/mol. The number of nitrogens with one attached hydrogen (secondary N) is 2. The maximum Gasteiger partial charge on any atom is 0.223 e. The van der Waals surface area contributed by atoms with E-state index in [-0.39, 0.29) is 15.6 Å². The van der Waals surface area contributed by atoms with E-state index >= 15 is 0 Å². The summed E-state index contributed by atoms with van der Waals surface area (Å²) in [5.41, 5.74) is 2.37. The molecule has 0 saturated heterocycles. The molecule has 0 radical (unpaired) electrons. The fourth-order valence-corrected chi connectivity index (χ4v) is 3.17. The van der Waals surface area contributed by atoms with Crippen LogP contribution in [0.3, 0.4) is 0 Å². The molecule has 6 nitrogen and oxygen atoms in total. The molecule has 0 amide bonds. The topological polar surface area (TPSA) is 87.4 Å². The van der Waals surface area contributed by atoms with Gasteiger partial charge in [-0.2, -0.15) is 9.78 Å². The van der Waals surface area contributed by atoms with Gasteiger partial charge in [0.2, 0.25) is 10.6 Å². The SMILES string of the molecule is N=c1sc(C(=O)c2ccccc2)nn1-c1cc(-c2ccccc2)[nH]n1. The molecule has 2 N–H and O–H groups in total. The lowest BCUT2D eigenvalue weighted by Crippen LogP contribution is -2.13. The first kappa shape index (κ1) is 15.2. The summed E-state index contributed by atoms with van der Waals surface area (Å²) < 4.78 is 1.36. The molecule has 7 heteroatoms. The van der Waals surface area contributed by atoms with Crippen molar-refractivity contribution in [3.8, 4) is 17.1 Å². The second-order valence-electron chi connectivity index (χ2n) is 5.33. The molecule has 0 aliphatic heterocycles. The van der Waals surface area contributed by atoms with Gasteiger partial charge >= 0.3 is 0 Å². The van der Waals surface area contributed by atoms with Crippen molar-refractivity contribution in [3.05, 3.63) is 82.1 Å². The molecular formula is C18H13N5OS. The Morgan fingerprint density at radius 2 is 1.72 bits per heavy atom. The number of aromatic amines is 1. The van der Waals surface area contributed by atoms with E-state index in [1.807, 2.05) is 42.5 Å². The first-order valence-corrected chi connectivity index (χ1v) is 8.40. The van der Waals surface area contributed by atoms with Crippen molar-refractivity contribution in [2.45, 2.75) is 0 Å². The third-order valence-electron chi connectivity index (χ3n) is 3.67. The predicted octanol–water partition coefficient (Wildman–Crippen LogP) is 3.03. The van der Waals surface area contributed by atoms with Crippen LogP contribution in [-0.2, 0) is 0 Å². The highest BCUT2D eigenvalue weighted by molar-refractivity contribution is 7.11. The number of H-pyrrole nitrogens is 1. The van der Waals surface area contributed by atoms with Gasteiger partial charge in [-0.25, -0.2) is 0 Å². The van der Waals surface area contributed by atoms with Crippen LogP contribution in [-0.4, -0.2) is 25.8 Å². The molecule has 0 atom stereocenters. The summed E-state index contributed by atoms with van der Waals surface area (Å²) in [5, 5.41) is 19.8. The van der Waals surface area contributed by atoms with Crippen LogP contribution in [0.1, 0.15) is 15.4 Å². The quantitative estimate of drug-likeness (QED) is 0.556. The molecular weight excluding hydrogens is 334 g/mol. The zero-order valence-corrected chi connectivity index (χ0v) is 13.8. The Hall–Kier alpha value is -3.32. The van der Waals surface area contributed by atoms with Crippen molar-refractivity contribution < 1.29 is 4.79 Å². The van der Waals surface area contributed by atoms with E-state index in [2.05, 4.69) is 15.3 Å². The molecule has 2 aromatic heterocycles. The van der Waals surface area contributed by atoms with Gasteiger partial charge in [-0.3, -0.25) is 15.3 Å². The van der Waals surface area contributed by atoms with Crippen LogP contribution < -0.4 is 4.80 Å². The number of benzene rings is 2. The molecule has 4 rings (SSSR count). The summed E-state index contributed by atoms with van der Waals surface area (Å²) in [6, 6.07) is 20.5. The van der Waals surface area contributed by atoms with Gasteiger partial charge in [0.15, 0.2) is 10.8 Å². The van der Waals surface area contributed by atoms with Crippen LogP contribution in [0.15, 0.2) is 66.7 Å². The Labute approximate surface area is 146 Å². The molecule has 25 heavy (non-hydrogen) atoms. The van der Waals surface area contributed by atoms with Gasteiger partial charge in [0.25, 0.3) is 0 Å². The predicted molar refractivity (Wildman–Crippen MR) is 94.8 cm³/mol. The van der Waals surface area contributed by atoms with Gasteiger partial charge in [0.05, 0.1) is 5.69 Å². The zero-order valence-electron chi connectivity index (χ0n) is 13.0. The van der Waals surface area contributed by atoms with Crippen LogP contribution >= 0.6 is 11.3 Å². The van der Waals surface area contributed by atoms with Crippen LogP contribution in [0.25, 0.3) is 17.1 Å². The first-order chi connectivity index (χ1) is 12.2. The van der Waals surface area contributed by atoms with E-state index in [0.717, 1.165) is 22.6 Å². The normalized spacial score (nSPS) is 10.7. The molecule has 2 aromatic carbocycles. The zero-order chi connectivity index (χ0) is 17.2. The lowest BCUT2D eigenvalue weighted by molar-refractivity contribution is 0.103. The van der Waals surface area contributed by atoms with Crippen molar-refractivity contribution in [2.24, 2.45) is 0 Å². The molecule has 2 heterocycles. The van der Waals surface area contributed by atoms with Gasteiger partial charge < -0.3 is 0 Å². The molecule has 0 saturated carbocycles. The van der Waals surface area contributed by atoms with Crippen LogP contribution in [0, 0.1) is 5.41 Å². The minimum atomic E-state index is -0.198. The Kier molecular flexibility index (Phi) is 3.83. The molecule has 0 bridgehead atoms. The second kappa shape index (κ2) is 6.29. The van der Waals surface area contributed by atoms with Gasteiger partial charge in [-0.15, -0.1) is 5.10 Å². The minimum absolute atomic E-state index is 0.144. The Bertz CT molecular complexity index is 1080. The Balaban J connectivity index is 1.69. The highest BCUT2D eigenvalue weighted by Crippen LogP contribution is 2.18. The summed E-state index contributed by atoms with van der Waals surface area (Å²) in [4.78, 5) is 12.6. The van der Waals surface area contributed by atoms with Gasteiger partial charge in [0.1, 0.15) is 0 Å². The Morgan fingerprint density at radius 3 is 2.44 bits per heavy atom. The summed E-state index contributed by atoms with van der Waals surface area (Å²) >= 11 is 1.03. The lowest BCUT2D eigenvalue weighted by Gasteiger charge is -1.96. The number of carbonyl (C=O) groups is 1. The maximum atomic E-state index is 12.5. The fraction of sp³-hybridized carbons (Fsp3) is 0. The molecule has 0 unspecified atom stereocenters. The maximum absolute atomic E-state index is 12.5. The standard InChI is InChI=1S/C18H13N5OS/c19-18-23(15-11-14(20-21-15)12-7-3-1-4-8-12)22-17(25-18)16(24)13-9-5-2-6-10-13/h1-11,19H,(H,20,21). The van der Waals surface area contributed by atoms with E-state index in [1.54, 1.807) is 24.3 Å². The summed E-state index contributed by atoms with van der Waals surface area (Å²) in [6.07, 6.45) is 0. The smallest absolute Gasteiger partial charge is 0.223 e. The van der Waals surface area contributed by atoms with E-state index in [1.165, 1.54) is 4.68 Å². The van der Waals surface area contributed by atoms with E-state index in [0.29, 0.717) is 11.4 Å². The fourth-order valence-electron chi connectivity index (χ4n) is 2.44. The molecule has 0 aliphatic carbocycles. The number of aromatic nitrogens is 4. The van der Waals surface area contributed by atoms with Crippen molar-refractivity contribution in [3.63, 3.8) is 0 Å². The minimum Gasteiger partial charge on any atom is -0.286 e. The molecule has 0 spiro atoms. The number of ketones is 1. The molecule has 0 fully saturated rings. The third kappa shape index (κ3) is 2.92. The molecule has 122 valence electrons. The van der Waals surface area contributed by atoms with Crippen LogP contribution in [0.4, 0.5) is 0 Å². The van der Waals surface area contributed by atoms with E-state index in [9.17, 15) is 4.79 Å². The lowest BCUT2D eigenvalue weighted by atomic mass is 10.1. The number of hydrogen-bond acceptors (Lipinski definition) is 5. The number of nitrogens with zero attached hydrogens (tertiary/aromatic N) is 3. The number of rotatable bonds is 4. The van der Waals surface area contributed by atoms with Crippen molar-refractivity contribution in [1.29, 1.82) is 5.41 Å². The second-order valence-corrected chi connectivity index (χ2v) is 6.30. The number of carbonyl (C=O) groups excluding carboxylic acids is 1. The largest absolute Gasteiger partial charge is 0.286 e. The van der Waals surface area contributed by atoms with E-state index < -0.39 is 0 Å². The highest BCUT2D eigenvalue weighted by Gasteiger charge is 2.17. The monoisotopic (exact) mass is 347 g/mol. The van der Waals surface area contributed by atoms with Crippen LogP contribution in [0.2, 0.25) is 0 Å². The van der Waals surface area contributed by atoms with Gasteiger partial charge in [0, 0.05) is 11.6 Å². The molecule has 0 aliphatic rings. The van der Waals surface area contributed by atoms with Crippen LogP contribution in [0.5, 0.6) is 0 Å². The van der Waals surface area contributed by atoms with E-state index in [4.69, 9.17) is 5.41 Å². The van der Waals surface area contributed by atoms with Gasteiger partial charge in [-0.1, -0.05) is 72.0 Å². The summed E-state index contributed by atoms with van der Waals surface area (Å²) in [6.45, 7) is 0. The first-order valence-electron chi connectivity index (χ1n) is 7.58. The summed E-state index contributed by atoms with van der Waals surface area (Å²) in [7, 11) is 0. The summed E-state index contributed by atoms with van der Waals surface area (Å²) in [5.74, 6) is 0.281. The Morgan fingerprint density at radius 1 is 1.04 bits per heavy atom.